The molecule has 0 heterocycles. The predicted molar refractivity (Wildman–Crippen MR) is 81.1 cm³/mol. The molecule has 1 aromatic rings. The first-order valence-corrected chi connectivity index (χ1v) is 8.21. The molecule has 0 spiro atoms. The largest absolute Gasteiger partial charge is 0.492 e. The lowest BCUT2D eigenvalue weighted by Gasteiger charge is -2.10. The lowest BCUT2D eigenvalue weighted by Crippen LogP contribution is -2.26. The normalized spacial score (nSPS) is 10.1. The summed E-state index contributed by atoms with van der Waals surface area (Å²) in [5, 5.41) is 3.65. The highest BCUT2D eigenvalue weighted by Crippen LogP contribution is 2.17. The number of hydrogen-bond acceptors (Lipinski definition) is 3. The summed E-state index contributed by atoms with van der Waals surface area (Å²) in [6.45, 7) is 3.34. The van der Waals surface area contributed by atoms with Gasteiger partial charge < -0.3 is 10.1 Å². The molecule has 5 heteroatoms. The van der Waals surface area contributed by atoms with Crippen molar-refractivity contribution >= 4 is 33.6 Å². The fourth-order valence-corrected chi connectivity index (χ4v) is 2.10. The zero-order valence-corrected chi connectivity index (χ0v) is 12.9. The van der Waals surface area contributed by atoms with Crippen molar-refractivity contribution in [2.75, 3.05) is 30.0 Å². The highest BCUT2D eigenvalue weighted by Gasteiger charge is 2.10. The summed E-state index contributed by atoms with van der Waals surface area (Å²) in [5.41, 5.74) is 0.597. The first-order valence-electron chi connectivity index (χ1n) is 5.93. The topological polar surface area (TPSA) is 38.3 Å². The van der Waals surface area contributed by atoms with Crippen LogP contribution < -0.4 is 10.1 Å². The maximum atomic E-state index is 12.0. The van der Waals surface area contributed by atoms with Crippen molar-refractivity contribution in [2.45, 2.75) is 6.92 Å². The van der Waals surface area contributed by atoms with Crippen LogP contribution in [0.4, 0.5) is 0 Å². The van der Waals surface area contributed by atoms with Gasteiger partial charge >= 0.3 is 0 Å². The number of benzene rings is 1. The van der Waals surface area contributed by atoms with Crippen molar-refractivity contribution in [1.82, 2.24) is 5.32 Å². The van der Waals surface area contributed by atoms with Crippen LogP contribution >= 0.6 is 27.7 Å². The van der Waals surface area contributed by atoms with Crippen LogP contribution in [0.5, 0.6) is 5.75 Å². The third kappa shape index (κ3) is 5.31. The molecule has 0 atom stereocenters. The molecule has 1 rings (SSSR count). The zero-order valence-electron chi connectivity index (χ0n) is 10.4. The Bertz CT molecular complexity index is 374. The van der Waals surface area contributed by atoms with E-state index in [1.165, 1.54) is 0 Å². The van der Waals surface area contributed by atoms with Crippen LogP contribution in [-0.4, -0.2) is 35.9 Å². The molecular weight excluding hydrogens is 314 g/mol. The van der Waals surface area contributed by atoms with Crippen molar-refractivity contribution in [1.29, 1.82) is 0 Å². The van der Waals surface area contributed by atoms with E-state index in [1.54, 1.807) is 6.07 Å². The van der Waals surface area contributed by atoms with Crippen LogP contribution in [-0.2, 0) is 0 Å². The number of rotatable bonds is 8. The second kappa shape index (κ2) is 9.28. The minimum atomic E-state index is -0.0723. The van der Waals surface area contributed by atoms with Crippen molar-refractivity contribution in [3.63, 3.8) is 0 Å². The number of hydrogen-bond donors (Lipinski definition) is 1. The Kier molecular flexibility index (Phi) is 7.93. The molecule has 0 aliphatic carbocycles. The van der Waals surface area contributed by atoms with Crippen molar-refractivity contribution in [2.24, 2.45) is 0 Å². The van der Waals surface area contributed by atoms with E-state index >= 15 is 0 Å². The smallest absolute Gasteiger partial charge is 0.255 e. The Morgan fingerprint density at radius 1 is 1.44 bits per heavy atom. The van der Waals surface area contributed by atoms with Crippen LogP contribution in [0.2, 0.25) is 0 Å². The summed E-state index contributed by atoms with van der Waals surface area (Å²) < 4.78 is 5.52. The third-order valence-electron chi connectivity index (χ3n) is 2.20. The minimum Gasteiger partial charge on any atom is -0.492 e. The van der Waals surface area contributed by atoms with Gasteiger partial charge in [-0.1, -0.05) is 35.0 Å². The van der Waals surface area contributed by atoms with Gasteiger partial charge in [0, 0.05) is 17.6 Å². The van der Waals surface area contributed by atoms with Gasteiger partial charge in [0.25, 0.3) is 5.91 Å². The number of carbonyl (C=O) groups excluding carboxylic acids is 1. The van der Waals surface area contributed by atoms with Crippen LogP contribution in [0.3, 0.4) is 0 Å². The van der Waals surface area contributed by atoms with E-state index in [2.05, 4.69) is 28.2 Å². The predicted octanol–water partition coefficient (Wildman–Crippen LogP) is 2.94. The van der Waals surface area contributed by atoms with E-state index in [4.69, 9.17) is 4.74 Å². The molecule has 0 radical (unpaired) electrons. The van der Waals surface area contributed by atoms with Gasteiger partial charge in [-0.25, -0.2) is 0 Å². The SMILES string of the molecule is CCSCCNC(=O)c1ccccc1OCCBr. The zero-order chi connectivity index (χ0) is 13.2. The summed E-state index contributed by atoms with van der Waals surface area (Å²) in [4.78, 5) is 12.0. The molecule has 1 amide bonds. The number of carbonyl (C=O) groups is 1. The summed E-state index contributed by atoms with van der Waals surface area (Å²) in [6.07, 6.45) is 0. The van der Waals surface area contributed by atoms with Gasteiger partial charge in [-0.05, 0) is 17.9 Å². The Morgan fingerprint density at radius 3 is 2.94 bits per heavy atom. The molecule has 100 valence electrons. The third-order valence-corrected chi connectivity index (χ3v) is 3.43. The number of halogens is 1. The van der Waals surface area contributed by atoms with Crippen LogP contribution in [0.25, 0.3) is 0 Å². The van der Waals surface area contributed by atoms with E-state index in [1.807, 2.05) is 30.0 Å². The highest BCUT2D eigenvalue weighted by atomic mass is 79.9. The molecule has 0 saturated carbocycles. The molecular formula is C13H18BrNO2S. The van der Waals surface area contributed by atoms with Gasteiger partial charge in [0.05, 0.1) is 12.2 Å². The summed E-state index contributed by atoms with van der Waals surface area (Å²) in [5.74, 6) is 2.57. The fourth-order valence-electron chi connectivity index (χ4n) is 1.40. The molecule has 0 saturated heterocycles. The lowest BCUT2D eigenvalue weighted by molar-refractivity contribution is 0.0952. The number of amides is 1. The molecule has 0 aromatic heterocycles. The van der Waals surface area contributed by atoms with Crippen molar-refractivity contribution in [3.05, 3.63) is 29.8 Å². The van der Waals surface area contributed by atoms with Gasteiger partial charge in [-0.15, -0.1) is 0 Å². The van der Waals surface area contributed by atoms with Gasteiger partial charge in [0.2, 0.25) is 0 Å². The van der Waals surface area contributed by atoms with Crippen LogP contribution in [0.1, 0.15) is 17.3 Å². The Hall–Kier alpha value is -0.680. The van der Waals surface area contributed by atoms with Gasteiger partial charge in [-0.3, -0.25) is 4.79 Å². The number of alkyl halides is 1. The number of nitrogens with one attached hydrogen (secondary N) is 1. The van der Waals surface area contributed by atoms with Crippen molar-refractivity contribution < 1.29 is 9.53 Å². The quantitative estimate of drug-likeness (QED) is 0.588. The molecule has 0 bridgehead atoms. The summed E-state index contributed by atoms with van der Waals surface area (Å²) in [7, 11) is 0. The fraction of sp³-hybridized carbons (Fsp3) is 0.462. The molecule has 0 unspecified atom stereocenters. The maximum absolute atomic E-state index is 12.0. The number of ether oxygens (including phenoxy) is 1. The van der Waals surface area contributed by atoms with E-state index in [0.29, 0.717) is 24.5 Å². The maximum Gasteiger partial charge on any atom is 0.255 e. The molecule has 0 fully saturated rings. The monoisotopic (exact) mass is 331 g/mol. The Balaban J connectivity index is 2.55. The molecule has 0 aliphatic rings. The second-order valence-electron chi connectivity index (χ2n) is 3.49. The number of thioether (sulfide) groups is 1. The van der Waals surface area contributed by atoms with E-state index in [9.17, 15) is 4.79 Å². The molecule has 1 N–H and O–H groups in total. The molecule has 18 heavy (non-hydrogen) atoms. The Morgan fingerprint density at radius 2 is 2.22 bits per heavy atom. The van der Waals surface area contributed by atoms with Crippen LogP contribution in [0, 0.1) is 0 Å². The number of para-hydroxylation sites is 1. The van der Waals surface area contributed by atoms with Crippen LogP contribution in [0.15, 0.2) is 24.3 Å². The second-order valence-corrected chi connectivity index (χ2v) is 5.67. The van der Waals surface area contributed by atoms with E-state index in [-0.39, 0.29) is 5.91 Å². The Labute approximate surface area is 121 Å². The lowest BCUT2D eigenvalue weighted by atomic mass is 10.2. The average molecular weight is 332 g/mol. The van der Waals surface area contributed by atoms with E-state index < -0.39 is 0 Å². The summed E-state index contributed by atoms with van der Waals surface area (Å²) in [6, 6.07) is 7.31. The van der Waals surface area contributed by atoms with E-state index in [0.717, 1.165) is 16.8 Å². The standard InChI is InChI=1S/C13H18BrNO2S/c1-2-18-10-8-15-13(16)11-5-3-4-6-12(11)17-9-7-14/h3-6H,2,7-10H2,1H3,(H,15,16). The van der Waals surface area contributed by atoms with Gasteiger partial charge in [0.15, 0.2) is 0 Å². The molecule has 3 nitrogen and oxygen atoms in total. The van der Waals surface area contributed by atoms with Gasteiger partial charge in [0.1, 0.15) is 5.75 Å². The summed E-state index contributed by atoms with van der Waals surface area (Å²) >= 11 is 5.11. The first-order chi connectivity index (χ1) is 8.79. The minimum absolute atomic E-state index is 0.0723. The van der Waals surface area contributed by atoms with Crippen molar-refractivity contribution in [3.8, 4) is 5.75 Å². The highest BCUT2D eigenvalue weighted by molar-refractivity contribution is 9.09. The van der Waals surface area contributed by atoms with Gasteiger partial charge in [-0.2, -0.15) is 11.8 Å². The average Bonchev–Trinajstić information content (AvgIpc) is 2.41. The molecule has 0 aliphatic heterocycles. The first kappa shape index (κ1) is 15.4. The molecule has 1 aromatic carbocycles.